The van der Waals surface area contributed by atoms with E-state index in [1.165, 1.54) is 0 Å². The number of anilines is 1. The summed E-state index contributed by atoms with van der Waals surface area (Å²) in [7, 11) is 0. The van der Waals surface area contributed by atoms with Gasteiger partial charge in [0.05, 0.1) is 11.6 Å². The minimum atomic E-state index is -0.655. The number of aliphatic hydroxyl groups excluding tert-OH is 1. The molecule has 4 nitrogen and oxygen atoms in total. The first kappa shape index (κ1) is 13.8. The summed E-state index contributed by atoms with van der Waals surface area (Å²) in [6.45, 7) is 0.349. The monoisotopic (exact) mass is 299 g/mol. The topological polar surface area (TPSA) is 58.0 Å². The molecule has 2 N–H and O–H groups in total. The molecule has 21 heavy (non-hydrogen) atoms. The van der Waals surface area contributed by atoms with E-state index in [2.05, 4.69) is 15.3 Å². The number of rotatable bonds is 4. The molecule has 2 heterocycles. The first-order valence-electron chi connectivity index (χ1n) is 6.61. The van der Waals surface area contributed by atoms with Gasteiger partial charge >= 0.3 is 0 Å². The Morgan fingerprint density at radius 2 is 2.00 bits per heavy atom. The van der Waals surface area contributed by atoms with Crippen molar-refractivity contribution in [1.82, 2.24) is 9.97 Å². The summed E-state index contributed by atoms with van der Waals surface area (Å²) < 4.78 is 0. The van der Waals surface area contributed by atoms with Gasteiger partial charge < -0.3 is 10.4 Å². The SMILES string of the molecule is OC(CNc1nccc2ncccc12)c1cccc(Cl)c1. The van der Waals surface area contributed by atoms with E-state index in [-0.39, 0.29) is 0 Å². The lowest BCUT2D eigenvalue weighted by molar-refractivity contribution is 0.191. The zero-order valence-electron chi connectivity index (χ0n) is 11.2. The van der Waals surface area contributed by atoms with Crippen molar-refractivity contribution < 1.29 is 5.11 Å². The van der Waals surface area contributed by atoms with Crippen LogP contribution in [-0.2, 0) is 0 Å². The Hall–Kier alpha value is -2.17. The number of aliphatic hydroxyl groups is 1. The number of nitrogens with one attached hydrogen (secondary N) is 1. The number of nitrogens with zero attached hydrogens (tertiary/aromatic N) is 2. The maximum Gasteiger partial charge on any atom is 0.135 e. The van der Waals surface area contributed by atoms with Crippen molar-refractivity contribution in [2.75, 3.05) is 11.9 Å². The minimum absolute atomic E-state index is 0.349. The number of fused-ring (bicyclic) bond motifs is 1. The van der Waals surface area contributed by atoms with Crippen molar-refractivity contribution in [1.29, 1.82) is 0 Å². The van der Waals surface area contributed by atoms with Crippen LogP contribution in [0.3, 0.4) is 0 Å². The van der Waals surface area contributed by atoms with Crippen LogP contribution in [0.25, 0.3) is 10.9 Å². The van der Waals surface area contributed by atoms with Gasteiger partial charge in [0.1, 0.15) is 5.82 Å². The van der Waals surface area contributed by atoms with Crippen LogP contribution in [0, 0.1) is 0 Å². The number of halogens is 1. The summed E-state index contributed by atoms with van der Waals surface area (Å²) >= 11 is 5.93. The lowest BCUT2D eigenvalue weighted by Gasteiger charge is -2.14. The van der Waals surface area contributed by atoms with Crippen molar-refractivity contribution in [3.63, 3.8) is 0 Å². The summed E-state index contributed by atoms with van der Waals surface area (Å²) in [6.07, 6.45) is 2.79. The van der Waals surface area contributed by atoms with Gasteiger partial charge in [-0.25, -0.2) is 4.98 Å². The first-order chi connectivity index (χ1) is 10.2. The highest BCUT2D eigenvalue weighted by atomic mass is 35.5. The standard InChI is InChI=1S/C16H14ClN3O/c17-12-4-1-3-11(9-12)15(21)10-20-16-13-5-2-7-18-14(13)6-8-19-16/h1-9,15,21H,10H2,(H,19,20). The van der Waals surface area contributed by atoms with Crippen LogP contribution < -0.4 is 5.32 Å². The molecule has 0 radical (unpaired) electrons. The molecule has 0 bridgehead atoms. The Balaban J connectivity index is 1.77. The van der Waals surface area contributed by atoms with Gasteiger partial charge in [-0.3, -0.25) is 4.98 Å². The molecule has 5 heteroatoms. The summed E-state index contributed by atoms with van der Waals surface area (Å²) in [4.78, 5) is 8.58. The predicted molar refractivity (Wildman–Crippen MR) is 84.4 cm³/mol. The lowest BCUT2D eigenvalue weighted by atomic mass is 10.1. The zero-order valence-corrected chi connectivity index (χ0v) is 12.0. The second kappa shape index (κ2) is 6.08. The van der Waals surface area contributed by atoms with E-state index < -0.39 is 6.10 Å². The van der Waals surface area contributed by atoms with Crippen LogP contribution >= 0.6 is 11.6 Å². The summed E-state index contributed by atoms with van der Waals surface area (Å²) in [5, 5.41) is 14.9. The predicted octanol–water partition coefficient (Wildman–Crippen LogP) is 3.43. The fourth-order valence-electron chi connectivity index (χ4n) is 2.17. The Bertz CT molecular complexity index is 758. The maximum atomic E-state index is 10.2. The number of hydrogen-bond donors (Lipinski definition) is 2. The summed E-state index contributed by atoms with van der Waals surface area (Å²) in [6, 6.07) is 12.9. The van der Waals surface area contributed by atoms with Gasteiger partial charge in [-0.2, -0.15) is 0 Å². The van der Waals surface area contributed by atoms with Gasteiger partial charge in [-0.1, -0.05) is 23.7 Å². The molecule has 1 aromatic carbocycles. The second-order valence-corrected chi connectivity index (χ2v) is 5.12. The molecule has 0 saturated carbocycles. The Morgan fingerprint density at radius 1 is 1.10 bits per heavy atom. The van der Waals surface area contributed by atoms with E-state index in [0.717, 1.165) is 16.5 Å². The van der Waals surface area contributed by atoms with Crippen molar-refractivity contribution in [3.05, 3.63) is 65.4 Å². The van der Waals surface area contributed by atoms with Crippen LogP contribution in [0.5, 0.6) is 0 Å². The first-order valence-corrected chi connectivity index (χ1v) is 6.99. The number of pyridine rings is 2. The van der Waals surface area contributed by atoms with Gasteiger partial charge in [0.2, 0.25) is 0 Å². The van der Waals surface area contributed by atoms with Crippen LogP contribution in [0.4, 0.5) is 5.82 Å². The molecular formula is C16H14ClN3O. The third-order valence-electron chi connectivity index (χ3n) is 3.23. The largest absolute Gasteiger partial charge is 0.387 e. The molecule has 3 aromatic rings. The average molecular weight is 300 g/mol. The van der Waals surface area contributed by atoms with E-state index in [9.17, 15) is 5.11 Å². The Kier molecular flexibility index (Phi) is 3.99. The second-order valence-electron chi connectivity index (χ2n) is 4.68. The molecule has 0 amide bonds. The molecule has 1 unspecified atom stereocenters. The number of aromatic nitrogens is 2. The zero-order chi connectivity index (χ0) is 14.7. The van der Waals surface area contributed by atoms with E-state index in [1.807, 2.05) is 30.3 Å². The van der Waals surface area contributed by atoms with Crippen molar-refractivity contribution in [2.45, 2.75) is 6.10 Å². The minimum Gasteiger partial charge on any atom is -0.387 e. The summed E-state index contributed by atoms with van der Waals surface area (Å²) in [5.41, 5.74) is 1.64. The molecule has 0 spiro atoms. The third kappa shape index (κ3) is 3.12. The molecule has 1 atom stereocenters. The van der Waals surface area contributed by atoms with Gasteiger partial charge in [0.15, 0.2) is 0 Å². The molecule has 0 aliphatic heterocycles. The van der Waals surface area contributed by atoms with Crippen LogP contribution in [0.1, 0.15) is 11.7 Å². The highest BCUT2D eigenvalue weighted by Crippen LogP contribution is 2.21. The molecule has 3 rings (SSSR count). The third-order valence-corrected chi connectivity index (χ3v) is 3.46. The van der Waals surface area contributed by atoms with E-state index in [0.29, 0.717) is 17.4 Å². The molecule has 0 aliphatic carbocycles. The van der Waals surface area contributed by atoms with Crippen LogP contribution in [0.2, 0.25) is 5.02 Å². The van der Waals surface area contributed by atoms with Gasteiger partial charge in [0.25, 0.3) is 0 Å². The summed E-state index contributed by atoms with van der Waals surface area (Å²) in [5.74, 6) is 0.710. The number of benzene rings is 1. The van der Waals surface area contributed by atoms with Gasteiger partial charge in [-0.05, 0) is 35.9 Å². The van der Waals surface area contributed by atoms with Crippen molar-refractivity contribution in [3.8, 4) is 0 Å². The molecule has 0 fully saturated rings. The fraction of sp³-hybridized carbons (Fsp3) is 0.125. The maximum absolute atomic E-state index is 10.2. The average Bonchev–Trinajstić information content (AvgIpc) is 2.52. The van der Waals surface area contributed by atoms with E-state index in [1.54, 1.807) is 24.5 Å². The Labute approximate surface area is 127 Å². The smallest absolute Gasteiger partial charge is 0.135 e. The van der Waals surface area contributed by atoms with E-state index >= 15 is 0 Å². The van der Waals surface area contributed by atoms with Crippen LogP contribution in [-0.4, -0.2) is 21.6 Å². The molecule has 2 aromatic heterocycles. The molecular weight excluding hydrogens is 286 g/mol. The Morgan fingerprint density at radius 3 is 2.86 bits per heavy atom. The van der Waals surface area contributed by atoms with E-state index in [4.69, 9.17) is 11.6 Å². The van der Waals surface area contributed by atoms with Gasteiger partial charge in [-0.15, -0.1) is 0 Å². The lowest BCUT2D eigenvalue weighted by Crippen LogP contribution is -2.13. The normalized spacial score (nSPS) is 12.3. The van der Waals surface area contributed by atoms with Crippen molar-refractivity contribution in [2.24, 2.45) is 0 Å². The molecule has 0 aliphatic rings. The molecule has 0 saturated heterocycles. The van der Waals surface area contributed by atoms with Gasteiger partial charge in [0, 0.05) is 29.3 Å². The highest BCUT2D eigenvalue weighted by molar-refractivity contribution is 6.30. The highest BCUT2D eigenvalue weighted by Gasteiger charge is 2.09. The molecule has 106 valence electrons. The van der Waals surface area contributed by atoms with Crippen molar-refractivity contribution >= 4 is 28.3 Å². The quantitative estimate of drug-likeness (QED) is 0.775. The fourth-order valence-corrected chi connectivity index (χ4v) is 2.37. The number of hydrogen-bond acceptors (Lipinski definition) is 4. The van der Waals surface area contributed by atoms with Crippen LogP contribution in [0.15, 0.2) is 54.9 Å².